The van der Waals surface area contributed by atoms with Gasteiger partial charge < -0.3 is 14.2 Å². The molecule has 7 heteroatoms. The predicted molar refractivity (Wildman–Crippen MR) is 86.2 cm³/mol. The van der Waals surface area contributed by atoms with E-state index in [0.717, 1.165) is 12.2 Å². The smallest absolute Gasteiger partial charge is 0.226 e. The van der Waals surface area contributed by atoms with Gasteiger partial charge in [-0.15, -0.1) is 21.5 Å². The Morgan fingerprint density at radius 3 is 3.04 bits per heavy atom. The second-order valence-electron chi connectivity index (χ2n) is 6.36. The first-order valence-electron chi connectivity index (χ1n) is 7.93. The fourth-order valence-corrected chi connectivity index (χ4v) is 4.45. The van der Waals surface area contributed by atoms with E-state index in [1.807, 2.05) is 16.5 Å². The number of carbonyl (C=O) groups excluding carboxylic acids is 1. The lowest BCUT2D eigenvalue weighted by Gasteiger charge is -2.32. The Kier molecular flexibility index (Phi) is 3.69. The van der Waals surface area contributed by atoms with Gasteiger partial charge in [0.2, 0.25) is 5.91 Å². The van der Waals surface area contributed by atoms with E-state index in [0.29, 0.717) is 25.6 Å². The third kappa shape index (κ3) is 2.68. The van der Waals surface area contributed by atoms with E-state index in [1.165, 1.54) is 10.4 Å². The van der Waals surface area contributed by atoms with Crippen molar-refractivity contribution in [2.24, 2.45) is 13.0 Å². The molecule has 3 unspecified atom stereocenters. The Morgan fingerprint density at radius 2 is 2.35 bits per heavy atom. The summed E-state index contributed by atoms with van der Waals surface area (Å²) < 4.78 is 7.64. The normalized spacial score (nSPS) is 27.2. The summed E-state index contributed by atoms with van der Waals surface area (Å²) in [4.78, 5) is 16.1. The van der Waals surface area contributed by atoms with Crippen molar-refractivity contribution in [3.8, 4) is 0 Å². The van der Waals surface area contributed by atoms with Crippen molar-refractivity contribution in [2.75, 3.05) is 19.7 Å². The topological polar surface area (TPSA) is 60.3 Å². The zero-order chi connectivity index (χ0) is 16.0. The van der Waals surface area contributed by atoms with Crippen molar-refractivity contribution in [3.63, 3.8) is 0 Å². The SMILES string of the molecule is Cc1ccsc1C1CC1C(=O)N1CCOC(c2nncn2C)C1. The summed E-state index contributed by atoms with van der Waals surface area (Å²) in [6.45, 7) is 3.92. The maximum Gasteiger partial charge on any atom is 0.226 e. The van der Waals surface area contributed by atoms with Crippen LogP contribution in [0.4, 0.5) is 0 Å². The number of aromatic nitrogens is 3. The van der Waals surface area contributed by atoms with Crippen LogP contribution in [0, 0.1) is 12.8 Å². The number of amides is 1. The van der Waals surface area contributed by atoms with Gasteiger partial charge >= 0.3 is 0 Å². The van der Waals surface area contributed by atoms with E-state index in [9.17, 15) is 4.79 Å². The third-order valence-electron chi connectivity index (χ3n) is 4.76. The lowest BCUT2D eigenvalue weighted by atomic mass is 10.1. The number of carbonyl (C=O) groups is 1. The molecule has 2 aromatic heterocycles. The zero-order valence-electron chi connectivity index (χ0n) is 13.3. The molecular formula is C16H20N4O2S. The van der Waals surface area contributed by atoms with Crippen LogP contribution in [0.3, 0.4) is 0 Å². The number of hydrogen-bond donors (Lipinski definition) is 0. The average molecular weight is 332 g/mol. The van der Waals surface area contributed by atoms with Crippen molar-refractivity contribution in [1.29, 1.82) is 0 Å². The first-order chi connectivity index (χ1) is 11.1. The number of nitrogens with zero attached hydrogens (tertiary/aromatic N) is 4. The minimum Gasteiger partial charge on any atom is -0.366 e. The number of ether oxygens (including phenoxy) is 1. The van der Waals surface area contributed by atoms with Crippen molar-refractivity contribution >= 4 is 17.2 Å². The molecule has 1 aliphatic carbocycles. The molecule has 4 rings (SSSR count). The molecule has 0 aromatic carbocycles. The Morgan fingerprint density at radius 1 is 1.48 bits per heavy atom. The predicted octanol–water partition coefficient (Wildman–Crippen LogP) is 1.89. The van der Waals surface area contributed by atoms with Crippen LogP contribution >= 0.6 is 11.3 Å². The molecule has 0 radical (unpaired) electrons. The van der Waals surface area contributed by atoms with Crippen LogP contribution in [0.25, 0.3) is 0 Å². The van der Waals surface area contributed by atoms with Crippen LogP contribution < -0.4 is 0 Å². The molecule has 3 heterocycles. The Balaban J connectivity index is 1.43. The van der Waals surface area contributed by atoms with Gasteiger partial charge in [-0.3, -0.25) is 4.79 Å². The monoisotopic (exact) mass is 332 g/mol. The quantitative estimate of drug-likeness (QED) is 0.861. The maximum absolute atomic E-state index is 12.8. The summed E-state index contributed by atoms with van der Waals surface area (Å²) in [6.07, 6.45) is 2.46. The largest absolute Gasteiger partial charge is 0.366 e. The van der Waals surface area contributed by atoms with Crippen LogP contribution in [0.1, 0.15) is 34.7 Å². The van der Waals surface area contributed by atoms with Gasteiger partial charge in [0.1, 0.15) is 12.4 Å². The van der Waals surface area contributed by atoms with E-state index >= 15 is 0 Å². The molecule has 1 saturated heterocycles. The molecular weight excluding hydrogens is 312 g/mol. The highest BCUT2D eigenvalue weighted by Gasteiger charge is 2.47. The van der Waals surface area contributed by atoms with Gasteiger partial charge in [0.05, 0.1) is 13.2 Å². The molecule has 1 aliphatic heterocycles. The fourth-order valence-electron chi connectivity index (χ4n) is 3.35. The van der Waals surface area contributed by atoms with Crippen LogP contribution in [-0.2, 0) is 16.6 Å². The minimum atomic E-state index is -0.180. The molecule has 1 saturated carbocycles. The van der Waals surface area contributed by atoms with Crippen LogP contribution in [0.2, 0.25) is 0 Å². The van der Waals surface area contributed by atoms with Crippen molar-refractivity contribution in [3.05, 3.63) is 34.0 Å². The van der Waals surface area contributed by atoms with Gasteiger partial charge in [-0.25, -0.2) is 0 Å². The molecule has 23 heavy (non-hydrogen) atoms. The van der Waals surface area contributed by atoms with Crippen molar-refractivity contribution < 1.29 is 9.53 Å². The number of rotatable bonds is 3. The van der Waals surface area contributed by atoms with Gasteiger partial charge in [0.15, 0.2) is 5.82 Å². The van der Waals surface area contributed by atoms with Crippen LogP contribution in [0.15, 0.2) is 17.8 Å². The van der Waals surface area contributed by atoms with Gasteiger partial charge in [-0.05, 0) is 30.4 Å². The van der Waals surface area contributed by atoms with Gasteiger partial charge in [0.25, 0.3) is 0 Å². The lowest BCUT2D eigenvalue weighted by molar-refractivity contribution is -0.140. The van der Waals surface area contributed by atoms with Gasteiger partial charge in [-0.1, -0.05) is 0 Å². The molecule has 2 aromatic rings. The number of aryl methyl sites for hydroxylation is 2. The Hall–Kier alpha value is -1.73. The second-order valence-corrected chi connectivity index (χ2v) is 7.31. The molecule has 6 nitrogen and oxygen atoms in total. The van der Waals surface area contributed by atoms with Gasteiger partial charge in [-0.2, -0.15) is 0 Å². The molecule has 122 valence electrons. The first kappa shape index (κ1) is 14.8. The van der Waals surface area contributed by atoms with Crippen LogP contribution in [-0.4, -0.2) is 45.3 Å². The molecule has 0 spiro atoms. The second kappa shape index (κ2) is 5.72. The number of thiophene rings is 1. The molecule has 1 amide bonds. The highest BCUT2D eigenvalue weighted by Crippen LogP contribution is 2.51. The standard InChI is InChI=1S/C16H20N4O2S/c1-10-3-6-23-14(10)11-7-12(11)16(21)20-4-5-22-13(8-20)15-18-17-9-19(15)2/h3,6,9,11-13H,4-5,7-8H2,1-2H3. The van der Waals surface area contributed by atoms with E-state index in [4.69, 9.17) is 4.74 Å². The van der Waals surface area contributed by atoms with E-state index in [1.54, 1.807) is 17.7 Å². The first-order valence-corrected chi connectivity index (χ1v) is 8.81. The lowest BCUT2D eigenvalue weighted by Crippen LogP contribution is -2.43. The van der Waals surface area contributed by atoms with Crippen LogP contribution in [0.5, 0.6) is 0 Å². The van der Waals surface area contributed by atoms with Crippen molar-refractivity contribution in [1.82, 2.24) is 19.7 Å². The molecule has 3 atom stereocenters. The minimum absolute atomic E-state index is 0.144. The molecule has 0 bridgehead atoms. The highest BCUT2D eigenvalue weighted by atomic mass is 32.1. The Bertz CT molecular complexity index is 725. The molecule has 2 fully saturated rings. The summed E-state index contributed by atoms with van der Waals surface area (Å²) in [7, 11) is 1.90. The average Bonchev–Trinajstić information content (AvgIpc) is 3.04. The number of morpholine rings is 1. The van der Waals surface area contributed by atoms with E-state index in [-0.39, 0.29) is 17.9 Å². The molecule has 0 N–H and O–H groups in total. The highest BCUT2D eigenvalue weighted by molar-refractivity contribution is 7.10. The number of hydrogen-bond acceptors (Lipinski definition) is 5. The summed E-state index contributed by atoms with van der Waals surface area (Å²) in [5.74, 6) is 1.60. The maximum atomic E-state index is 12.8. The third-order valence-corrected chi connectivity index (χ3v) is 5.91. The van der Waals surface area contributed by atoms with Gasteiger partial charge in [0, 0.05) is 30.3 Å². The summed E-state index contributed by atoms with van der Waals surface area (Å²) in [5.41, 5.74) is 1.31. The van der Waals surface area contributed by atoms with Crippen molar-refractivity contribution in [2.45, 2.75) is 25.4 Å². The summed E-state index contributed by atoms with van der Waals surface area (Å²) in [6, 6.07) is 2.14. The zero-order valence-corrected chi connectivity index (χ0v) is 14.1. The Labute approximate surface area is 139 Å². The van der Waals surface area contributed by atoms with E-state index < -0.39 is 0 Å². The van der Waals surface area contributed by atoms with E-state index in [2.05, 4.69) is 28.6 Å². The fraction of sp³-hybridized carbons (Fsp3) is 0.562. The molecule has 2 aliphatic rings. The summed E-state index contributed by atoms with van der Waals surface area (Å²) in [5, 5.41) is 10.1. The summed E-state index contributed by atoms with van der Waals surface area (Å²) >= 11 is 1.77.